The maximum atomic E-state index is 14.7. The van der Waals surface area contributed by atoms with Crippen molar-refractivity contribution >= 4 is 70.1 Å². The molecule has 418 valence electrons. The summed E-state index contributed by atoms with van der Waals surface area (Å²) in [5.74, 6) is -8.41. The molecule has 27 nitrogen and oxygen atoms in total. The fourth-order valence-corrected chi connectivity index (χ4v) is 8.35. The monoisotopic (exact) mass is 1060 g/mol. The number of aromatic amines is 1. The molecular formula is C48H79N15O12. The molecule has 1 aliphatic heterocycles. The molecule has 9 atom stereocenters. The molecule has 0 saturated carbocycles. The Morgan fingerprint density at radius 3 is 1.99 bits per heavy atom. The van der Waals surface area contributed by atoms with E-state index in [1.54, 1.807) is 13.1 Å². The van der Waals surface area contributed by atoms with Crippen molar-refractivity contribution in [1.29, 1.82) is 0 Å². The van der Waals surface area contributed by atoms with Gasteiger partial charge in [0.2, 0.25) is 47.3 Å². The van der Waals surface area contributed by atoms with Gasteiger partial charge in [-0.2, -0.15) is 0 Å². The number of carbonyl (C=O) groups excluding carboxylic acids is 8. The highest BCUT2D eigenvalue weighted by molar-refractivity contribution is 5.98. The van der Waals surface area contributed by atoms with Crippen LogP contribution in [0.1, 0.15) is 90.0 Å². The second kappa shape index (κ2) is 32.4. The number of likely N-dealkylation sites (tertiary alicyclic amines) is 1. The number of carboxylic acid groups (broad SMARTS) is 1. The van der Waals surface area contributed by atoms with Crippen molar-refractivity contribution in [1.82, 2.24) is 47.1 Å². The molecule has 0 aliphatic carbocycles. The van der Waals surface area contributed by atoms with Crippen LogP contribution in [0.2, 0.25) is 0 Å². The van der Waals surface area contributed by atoms with Crippen LogP contribution in [-0.4, -0.2) is 179 Å². The lowest BCUT2D eigenvalue weighted by atomic mass is 9.96. The summed E-state index contributed by atoms with van der Waals surface area (Å²) in [5, 5.41) is 48.2. The highest BCUT2D eigenvalue weighted by Crippen LogP contribution is 2.24. The molecule has 3 rings (SSSR count). The smallest absolute Gasteiger partial charge is 0.326 e. The van der Waals surface area contributed by atoms with Crippen LogP contribution in [0.25, 0.3) is 10.9 Å². The van der Waals surface area contributed by atoms with E-state index >= 15 is 0 Å². The number of carbonyl (C=O) groups is 9. The van der Waals surface area contributed by atoms with Crippen LogP contribution in [0.4, 0.5) is 0 Å². The van der Waals surface area contributed by atoms with Crippen LogP contribution < -0.4 is 65.9 Å². The Morgan fingerprint density at radius 1 is 0.747 bits per heavy atom. The lowest BCUT2D eigenvalue weighted by Crippen LogP contribution is -2.61. The van der Waals surface area contributed by atoms with E-state index < -0.39 is 121 Å². The fraction of sp³-hybridized carbons (Fsp3) is 0.625. The number of guanidine groups is 1. The first-order valence-corrected chi connectivity index (χ1v) is 25.4. The zero-order valence-corrected chi connectivity index (χ0v) is 42.8. The molecule has 21 N–H and O–H groups in total. The van der Waals surface area contributed by atoms with Gasteiger partial charge in [-0.25, -0.2) is 4.79 Å². The van der Waals surface area contributed by atoms with Gasteiger partial charge in [-0.1, -0.05) is 44.9 Å². The Labute approximate surface area is 435 Å². The maximum absolute atomic E-state index is 14.7. The van der Waals surface area contributed by atoms with E-state index in [1.165, 1.54) is 4.90 Å². The van der Waals surface area contributed by atoms with E-state index in [2.05, 4.69) is 47.2 Å². The second-order valence-corrected chi connectivity index (χ2v) is 18.5. The number of aromatic nitrogens is 1. The Kier molecular flexibility index (Phi) is 26.9. The van der Waals surface area contributed by atoms with Crippen molar-refractivity contribution in [3.63, 3.8) is 0 Å². The maximum Gasteiger partial charge on any atom is 0.326 e. The molecule has 27 heteroatoms. The van der Waals surface area contributed by atoms with Crippen molar-refractivity contribution in [2.75, 3.05) is 45.9 Å². The number of fused-ring (bicyclic) bond motifs is 1. The highest BCUT2D eigenvalue weighted by Gasteiger charge is 2.41. The number of amides is 8. The predicted molar refractivity (Wildman–Crippen MR) is 276 cm³/mol. The van der Waals surface area contributed by atoms with Gasteiger partial charge in [0.15, 0.2) is 5.96 Å². The van der Waals surface area contributed by atoms with Crippen LogP contribution in [0.5, 0.6) is 0 Å². The fourth-order valence-electron chi connectivity index (χ4n) is 8.35. The average Bonchev–Trinajstić information content (AvgIpc) is 4.05. The number of aliphatic imine (C=N–C) groups is 1. The van der Waals surface area contributed by atoms with Crippen LogP contribution in [-0.2, 0) is 49.6 Å². The third-order valence-electron chi connectivity index (χ3n) is 12.9. The zero-order valence-electron chi connectivity index (χ0n) is 42.8. The van der Waals surface area contributed by atoms with Gasteiger partial charge in [0.1, 0.15) is 42.3 Å². The molecule has 1 aliphatic rings. The Morgan fingerprint density at radius 2 is 1.36 bits per heavy atom. The number of hydrogen-bond acceptors (Lipinski definition) is 15. The number of H-pyrrole nitrogens is 1. The molecule has 1 fully saturated rings. The summed E-state index contributed by atoms with van der Waals surface area (Å²) in [4.78, 5) is 129. The Balaban J connectivity index is 1.75. The number of hydrogen-bond donors (Lipinski definition) is 16. The van der Waals surface area contributed by atoms with Crippen molar-refractivity contribution in [2.24, 2.45) is 39.6 Å². The molecule has 0 bridgehead atoms. The molecule has 1 saturated heterocycles. The summed E-state index contributed by atoms with van der Waals surface area (Å²) in [6, 6.07) is -3.14. The van der Waals surface area contributed by atoms with Gasteiger partial charge in [0, 0.05) is 36.6 Å². The lowest BCUT2D eigenvalue weighted by Gasteiger charge is -2.31. The Bertz CT molecular complexity index is 2260. The van der Waals surface area contributed by atoms with Gasteiger partial charge in [0.25, 0.3) is 0 Å². The van der Waals surface area contributed by atoms with Crippen molar-refractivity contribution < 1.29 is 58.5 Å². The first kappa shape index (κ1) is 62.4. The number of nitrogens with one attached hydrogen (secondary N) is 8. The minimum absolute atomic E-state index is 0.00294. The largest absolute Gasteiger partial charge is 0.480 e. The van der Waals surface area contributed by atoms with Gasteiger partial charge in [0.05, 0.1) is 25.8 Å². The number of carboxylic acids is 1. The number of para-hydroxylation sites is 1. The van der Waals surface area contributed by atoms with Crippen LogP contribution >= 0.6 is 0 Å². The van der Waals surface area contributed by atoms with Crippen LogP contribution in [0, 0.1) is 5.92 Å². The van der Waals surface area contributed by atoms with Crippen molar-refractivity contribution in [2.45, 2.75) is 139 Å². The molecule has 1 aromatic carbocycles. The summed E-state index contributed by atoms with van der Waals surface area (Å²) >= 11 is 0. The number of nitrogens with two attached hydrogens (primary N) is 5. The topological polar surface area (TPSA) is 460 Å². The van der Waals surface area contributed by atoms with E-state index in [-0.39, 0.29) is 63.6 Å². The number of aliphatic carboxylic acids is 1. The predicted octanol–water partition coefficient (Wildman–Crippen LogP) is -4.52. The van der Waals surface area contributed by atoms with Gasteiger partial charge in [-0.15, -0.1) is 0 Å². The number of unbranched alkanes of at least 4 members (excludes halogenated alkanes) is 2. The van der Waals surface area contributed by atoms with E-state index in [4.69, 9.17) is 28.7 Å². The van der Waals surface area contributed by atoms with E-state index in [0.717, 1.165) is 10.9 Å². The molecule has 8 amide bonds. The summed E-state index contributed by atoms with van der Waals surface area (Å²) in [7, 11) is 0. The van der Waals surface area contributed by atoms with Crippen molar-refractivity contribution in [3.8, 4) is 0 Å². The SMILES string of the molecule is CC[C@H](C)[C@H](NC(=O)[C@@H](N)CCCCN)C(=O)N[C@@H](Cc1c[nH]c2ccccc12)C(=O)N1CCC[C@H]1C(=O)N[C@@H](CO)C(=O)N[C@@H](CO)C(=O)N[C@@H](CCCCN)C(=O)NCC(=O)N[C@@H](CCCN=C(N)N)C(=O)O. The quantitative estimate of drug-likeness (QED) is 0.0178. The average molecular weight is 1060 g/mol. The number of nitrogens with zero attached hydrogens (tertiary/aromatic N) is 2. The standard InChI is InChI=1S/C48H79N15O12/c1-3-27(2)39(62-40(67)30(51)13-6-8-18-49)45(72)59-34(22-28-23-55-31-14-5-4-12-29(28)31)46(73)63-21-11-17-37(63)44(71)61-36(26-65)43(70)60-35(25-64)42(69)58-32(15-7-9-19-50)41(68)56-24-38(66)57-33(47(74)75)16-10-20-54-48(52)53/h4-5,12,14,23,27,30,32-37,39,55,64-65H,3,6-11,13,15-22,24-26,49-51H2,1-2H3,(H,56,68)(H,57,66)(H,58,69)(H,59,72)(H,60,70)(H,61,71)(H,62,67)(H,74,75)(H4,52,53,54)/t27-,30-,32-,33-,34-,35-,36-,37-,39-/m0/s1. The summed E-state index contributed by atoms with van der Waals surface area (Å²) in [6.45, 7) is 1.85. The van der Waals surface area contributed by atoms with E-state index in [9.17, 15) is 58.5 Å². The molecule has 75 heavy (non-hydrogen) atoms. The van der Waals surface area contributed by atoms with E-state index in [0.29, 0.717) is 57.1 Å². The van der Waals surface area contributed by atoms with Crippen LogP contribution in [0.15, 0.2) is 35.5 Å². The minimum atomic E-state index is -1.72. The molecule has 0 radical (unpaired) electrons. The molecule has 2 aromatic rings. The number of rotatable bonds is 34. The van der Waals surface area contributed by atoms with Crippen LogP contribution in [0.3, 0.4) is 0 Å². The minimum Gasteiger partial charge on any atom is -0.480 e. The molecular weight excluding hydrogens is 979 g/mol. The molecule has 0 unspecified atom stereocenters. The molecule has 0 spiro atoms. The third-order valence-corrected chi connectivity index (χ3v) is 12.9. The van der Waals surface area contributed by atoms with Gasteiger partial charge in [-0.05, 0) is 88.4 Å². The number of aliphatic hydroxyl groups is 2. The third kappa shape index (κ3) is 20.0. The molecule has 1 aromatic heterocycles. The highest BCUT2D eigenvalue weighted by atomic mass is 16.4. The first-order valence-electron chi connectivity index (χ1n) is 25.4. The van der Waals surface area contributed by atoms with Gasteiger partial charge in [-0.3, -0.25) is 43.3 Å². The lowest BCUT2D eigenvalue weighted by molar-refractivity contribution is -0.143. The Hall–Kier alpha value is -6.94. The van der Waals surface area contributed by atoms with E-state index in [1.807, 2.05) is 31.2 Å². The molecule has 2 heterocycles. The number of aliphatic hydroxyl groups excluding tert-OH is 2. The zero-order chi connectivity index (χ0) is 55.6. The van der Waals surface area contributed by atoms with Gasteiger partial charge >= 0.3 is 5.97 Å². The normalized spacial score (nSPS) is 16.4. The first-order chi connectivity index (χ1) is 35.8. The van der Waals surface area contributed by atoms with Gasteiger partial charge < -0.3 is 91.1 Å². The van der Waals surface area contributed by atoms with Crippen molar-refractivity contribution in [3.05, 3.63) is 36.0 Å². The summed E-state index contributed by atoms with van der Waals surface area (Å²) < 4.78 is 0. The number of benzene rings is 1. The summed E-state index contributed by atoms with van der Waals surface area (Å²) in [6.07, 6.45) is 5.25. The second-order valence-electron chi connectivity index (χ2n) is 18.5. The summed E-state index contributed by atoms with van der Waals surface area (Å²) in [5.41, 5.74) is 29.4.